The summed E-state index contributed by atoms with van der Waals surface area (Å²) in [6.45, 7) is 14.7. The van der Waals surface area contributed by atoms with E-state index in [4.69, 9.17) is 23.2 Å². The van der Waals surface area contributed by atoms with Gasteiger partial charge in [-0.15, -0.1) is 23.2 Å². The van der Waals surface area contributed by atoms with Gasteiger partial charge in [-0.25, -0.2) is 0 Å². The summed E-state index contributed by atoms with van der Waals surface area (Å²) in [6, 6.07) is 0. The minimum absolute atomic E-state index is 0.438. The molecular formula is C19H30Cl2N2. The molecule has 0 unspecified atom stereocenters. The van der Waals surface area contributed by atoms with Crippen LogP contribution in [0, 0.1) is 27.7 Å². The van der Waals surface area contributed by atoms with Gasteiger partial charge in [-0.05, 0) is 87.5 Å². The van der Waals surface area contributed by atoms with Gasteiger partial charge in [0.1, 0.15) is 4.84 Å². The molecule has 0 amide bonds. The van der Waals surface area contributed by atoms with Crippen LogP contribution in [0.15, 0.2) is 0 Å². The molecule has 0 saturated carbocycles. The Bertz CT molecular complexity index is 518. The predicted molar refractivity (Wildman–Crippen MR) is 102 cm³/mol. The molecule has 1 aromatic carbocycles. The zero-order valence-electron chi connectivity index (χ0n) is 15.2. The molecule has 1 saturated heterocycles. The highest BCUT2D eigenvalue weighted by atomic mass is 35.5. The molecular weight excluding hydrogens is 327 g/mol. The molecule has 1 fully saturated rings. The van der Waals surface area contributed by atoms with E-state index < -0.39 is 4.84 Å². The quantitative estimate of drug-likeness (QED) is 0.712. The minimum atomic E-state index is -0.438. The summed E-state index contributed by atoms with van der Waals surface area (Å²) in [6.07, 6.45) is 2.36. The van der Waals surface area contributed by atoms with Crippen molar-refractivity contribution in [1.82, 2.24) is 9.80 Å². The smallest absolute Gasteiger partial charge is 0.133 e. The van der Waals surface area contributed by atoms with Crippen LogP contribution in [0.2, 0.25) is 0 Å². The first-order valence-corrected chi connectivity index (χ1v) is 9.48. The van der Waals surface area contributed by atoms with Crippen molar-refractivity contribution in [3.63, 3.8) is 0 Å². The van der Waals surface area contributed by atoms with Crippen LogP contribution in [0.1, 0.15) is 44.6 Å². The molecule has 1 aliphatic heterocycles. The molecule has 0 N–H and O–H groups in total. The maximum Gasteiger partial charge on any atom is 0.133 e. The summed E-state index contributed by atoms with van der Waals surface area (Å²) in [7, 11) is 2.21. The molecule has 0 bridgehead atoms. The first kappa shape index (κ1) is 19.1. The second-order valence-electron chi connectivity index (χ2n) is 6.94. The number of halogens is 2. The third kappa shape index (κ3) is 4.42. The summed E-state index contributed by atoms with van der Waals surface area (Å²) in [4.78, 5) is 4.56. The SMILES string of the molecule is Cc1c(C)c(C(Cl)Cl)c(C)c(C)c1CCCN1CCN(C)CC1. The first-order chi connectivity index (χ1) is 10.8. The van der Waals surface area contributed by atoms with Crippen LogP contribution >= 0.6 is 23.2 Å². The zero-order valence-corrected chi connectivity index (χ0v) is 16.7. The predicted octanol–water partition coefficient (Wildman–Crippen LogP) is 4.58. The van der Waals surface area contributed by atoms with Crippen molar-refractivity contribution in [2.24, 2.45) is 0 Å². The second-order valence-corrected chi connectivity index (χ2v) is 8.04. The summed E-state index contributed by atoms with van der Waals surface area (Å²) in [5.41, 5.74) is 7.86. The van der Waals surface area contributed by atoms with Gasteiger partial charge in [-0.2, -0.15) is 0 Å². The van der Waals surface area contributed by atoms with Crippen LogP contribution < -0.4 is 0 Å². The third-order valence-electron chi connectivity index (χ3n) is 5.55. The molecule has 0 radical (unpaired) electrons. The standard InChI is InChI=1S/C19H30Cl2N2/c1-13-15(3)18(19(20)21)16(4)14(2)17(13)7-6-8-23-11-9-22(5)10-12-23/h19H,6-12H2,1-5H3. The number of piperazine rings is 1. The lowest BCUT2D eigenvalue weighted by atomic mass is 9.87. The Hall–Kier alpha value is -0.280. The summed E-state index contributed by atoms with van der Waals surface area (Å²) in [5.74, 6) is 0. The van der Waals surface area contributed by atoms with Crippen LogP contribution in [0.25, 0.3) is 0 Å². The Morgan fingerprint density at radius 1 is 0.870 bits per heavy atom. The Kier molecular flexibility index (Phi) is 6.79. The monoisotopic (exact) mass is 356 g/mol. The van der Waals surface area contributed by atoms with Crippen LogP contribution in [-0.2, 0) is 6.42 Å². The molecule has 130 valence electrons. The summed E-state index contributed by atoms with van der Waals surface area (Å²) >= 11 is 12.4. The Morgan fingerprint density at radius 2 is 1.39 bits per heavy atom. The maximum absolute atomic E-state index is 6.18. The number of nitrogens with zero attached hydrogens (tertiary/aromatic N) is 2. The van der Waals surface area contributed by atoms with E-state index in [0.29, 0.717) is 0 Å². The highest BCUT2D eigenvalue weighted by Crippen LogP contribution is 2.36. The fourth-order valence-corrected chi connectivity index (χ4v) is 4.33. The Balaban J connectivity index is 2.05. The van der Waals surface area contributed by atoms with E-state index in [0.717, 1.165) is 12.0 Å². The first-order valence-electron chi connectivity index (χ1n) is 8.61. The zero-order chi connectivity index (χ0) is 17.1. The molecule has 1 aromatic rings. The van der Waals surface area contributed by atoms with Gasteiger partial charge in [0.05, 0.1) is 0 Å². The molecule has 0 spiro atoms. The number of alkyl halides is 2. The lowest BCUT2D eigenvalue weighted by molar-refractivity contribution is 0.153. The van der Waals surface area contributed by atoms with Crippen molar-refractivity contribution in [3.8, 4) is 0 Å². The molecule has 1 heterocycles. The molecule has 1 aliphatic rings. The highest BCUT2D eigenvalue weighted by molar-refractivity contribution is 6.44. The van der Waals surface area contributed by atoms with Crippen molar-refractivity contribution in [2.75, 3.05) is 39.8 Å². The second kappa shape index (κ2) is 8.20. The van der Waals surface area contributed by atoms with Crippen LogP contribution in [-0.4, -0.2) is 49.6 Å². The van der Waals surface area contributed by atoms with Gasteiger partial charge in [0.15, 0.2) is 0 Å². The topological polar surface area (TPSA) is 6.48 Å². The van der Waals surface area contributed by atoms with E-state index in [-0.39, 0.29) is 0 Å². The van der Waals surface area contributed by atoms with Crippen LogP contribution in [0.5, 0.6) is 0 Å². The normalized spacial score (nSPS) is 17.2. The average molecular weight is 357 g/mol. The van der Waals surface area contributed by atoms with E-state index >= 15 is 0 Å². The Labute approximate surface area is 151 Å². The lowest BCUT2D eigenvalue weighted by Crippen LogP contribution is -2.44. The molecule has 2 rings (SSSR count). The molecule has 23 heavy (non-hydrogen) atoms. The van der Waals surface area contributed by atoms with Crippen LogP contribution in [0.4, 0.5) is 0 Å². The van der Waals surface area contributed by atoms with Gasteiger partial charge in [-0.1, -0.05) is 0 Å². The summed E-state index contributed by atoms with van der Waals surface area (Å²) < 4.78 is 0. The van der Waals surface area contributed by atoms with Crippen molar-refractivity contribution in [1.29, 1.82) is 0 Å². The van der Waals surface area contributed by atoms with Gasteiger partial charge >= 0.3 is 0 Å². The number of hydrogen-bond acceptors (Lipinski definition) is 2. The number of rotatable bonds is 5. The van der Waals surface area contributed by atoms with Gasteiger partial charge in [0.2, 0.25) is 0 Å². The van der Waals surface area contributed by atoms with Crippen molar-refractivity contribution >= 4 is 23.2 Å². The lowest BCUT2D eigenvalue weighted by Gasteiger charge is -2.32. The maximum atomic E-state index is 6.18. The molecule has 2 nitrogen and oxygen atoms in total. The molecule has 0 aliphatic carbocycles. The average Bonchev–Trinajstić information content (AvgIpc) is 2.50. The van der Waals surface area contributed by atoms with Gasteiger partial charge in [0.25, 0.3) is 0 Å². The molecule has 0 atom stereocenters. The Morgan fingerprint density at radius 3 is 1.87 bits per heavy atom. The van der Waals surface area contributed by atoms with Crippen molar-refractivity contribution in [2.45, 2.75) is 45.4 Å². The number of hydrogen-bond donors (Lipinski definition) is 0. The fourth-order valence-electron chi connectivity index (χ4n) is 3.67. The van der Waals surface area contributed by atoms with Crippen molar-refractivity contribution < 1.29 is 0 Å². The van der Waals surface area contributed by atoms with E-state index in [1.165, 1.54) is 67.0 Å². The van der Waals surface area contributed by atoms with E-state index in [2.05, 4.69) is 44.5 Å². The molecule has 0 aromatic heterocycles. The number of likely N-dealkylation sites (N-methyl/N-ethyl adjacent to an activating group) is 1. The third-order valence-corrected chi connectivity index (χ3v) is 5.99. The van der Waals surface area contributed by atoms with Gasteiger partial charge in [0, 0.05) is 26.2 Å². The summed E-state index contributed by atoms with van der Waals surface area (Å²) in [5, 5.41) is 0. The fraction of sp³-hybridized carbons (Fsp3) is 0.684. The van der Waals surface area contributed by atoms with Gasteiger partial charge < -0.3 is 9.80 Å². The molecule has 4 heteroatoms. The number of benzene rings is 1. The van der Waals surface area contributed by atoms with E-state index in [1.807, 2.05) is 0 Å². The van der Waals surface area contributed by atoms with E-state index in [1.54, 1.807) is 0 Å². The highest BCUT2D eigenvalue weighted by Gasteiger charge is 2.19. The minimum Gasteiger partial charge on any atom is -0.304 e. The van der Waals surface area contributed by atoms with Gasteiger partial charge in [-0.3, -0.25) is 0 Å². The van der Waals surface area contributed by atoms with E-state index in [9.17, 15) is 0 Å². The van der Waals surface area contributed by atoms with Crippen LogP contribution in [0.3, 0.4) is 0 Å². The largest absolute Gasteiger partial charge is 0.304 e. The van der Waals surface area contributed by atoms with Crippen molar-refractivity contribution in [3.05, 3.63) is 33.4 Å².